The SMILES string of the molecule is CN(C)c1ccc(CNC(=O)[C@]2(Cc3ccc(Br)cc3)N=C(c3ccc(OCCCO)cc3)O[C@@H]2c2ccccc2N=[N+]=[N-])cc1. The Balaban J connectivity index is 1.57. The van der Waals surface area contributed by atoms with E-state index in [1.807, 2.05) is 85.7 Å². The van der Waals surface area contributed by atoms with Crippen molar-refractivity contribution < 1.29 is 19.4 Å². The van der Waals surface area contributed by atoms with Crippen LogP contribution < -0.4 is 15.0 Å². The van der Waals surface area contributed by atoms with Gasteiger partial charge in [0.2, 0.25) is 5.90 Å². The van der Waals surface area contributed by atoms with E-state index in [0.29, 0.717) is 35.6 Å². The number of carbonyl (C=O) groups excluding carboxylic acids is 1. The second kappa shape index (κ2) is 15.0. The van der Waals surface area contributed by atoms with Gasteiger partial charge >= 0.3 is 0 Å². The molecule has 2 atom stereocenters. The van der Waals surface area contributed by atoms with Crippen molar-refractivity contribution in [2.75, 3.05) is 32.2 Å². The van der Waals surface area contributed by atoms with Crippen molar-refractivity contribution >= 4 is 39.1 Å². The Morgan fingerprint density at radius 3 is 2.41 bits per heavy atom. The van der Waals surface area contributed by atoms with Gasteiger partial charge in [-0.05, 0) is 65.2 Å². The average Bonchev–Trinajstić information content (AvgIpc) is 3.46. The van der Waals surface area contributed by atoms with Crippen LogP contribution in [0.2, 0.25) is 0 Å². The maximum Gasteiger partial charge on any atom is 0.252 e. The smallest absolute Gasteiger partial charge is 0.252 e. The number of rotatable bonds is 13. The number of nitrogens with zero attached hydrogens (tertiary/aromatic N) is 5. The van der Waals surface area contributed by atoms with Gasteiger partial charge in [0.25, 0.3) is 5.91 Å². The molecule has 4 aromatic carbocycles. The first-order valence-electron chi connectivity index (χ1n) is 14.9. The molecule has 1 amide bonds. The van der Waals surface area contributed by atoms with E-state index in [2.05, 4.69) is 31.3 Å². The summed E-state index contributed by atoms with van der Waals surface area (Å²) >= 11 is 3.50. The second-order valence-electron chi connectivity index (χ2n) is 11.1. The zero-order chi connectivity index (χ0) is 32.5. The Kier molecular flexibility index (Phi) is 10.6. The Labute approximate surface area is 276 Å². The molecule has 1 heterocycles. The van der Waals surface area contributed by atoms with Crippen molar-refractivity contribution in [1.82, 2.24) is 5.32 Å². The van der Waals surface area contributed by atoms with Crippen LogP contribution in [0.1, 0.15) is 34.8 Å². The third-order valence-electron chi connectivity index (χ3n) is 7.69. The van der Waals surface area contributed by atoms with Crippen molar-refractivity contribution in [3.8, 4) is 5.75 Å². The van der Waals surface area contributed by atoms with E-state index in [0.717, 1.165) is 21.3 Å². The van der Waals surface area contributed by atoms with E-state index in [-0.39, 0.29) is 31.4 Å². The molecule has 0 saturated heterocycles. The Bertz CT molecular complexity index is 1720. The molecule has 4 aromatic rings. The van der Waals surface area contributed by atoms with Crippen LogP contribution in [0.25, 0.3) is 10.4 Å². The summed E-state index contributed by atoms with van der Waals surface area (Å²) in [5.41, 5.74) is 12.3. The van der Waals surface area contributed by atoms with Crippen LogP contribution in [0.15, 0.2) is 112 Å². The number of aliphatic imine (C=N–C) groups is 1. The monoisotopic (exact) mass is 682 g/mol. The van der Waals surface area contributed by atoms with Gasteiger partial charge in [0, 0.05) is 72.0 Å². The highest BCUT2D eigenvalue weighted by Gasteiger charge is 2.53. The number of hydrogen-bond donors (Lipinski definition) is 2. The number of nitrogens with one attached hydrogen (secondary N) is 1. The van der Waals surface area contributed by atoms with Crippen molar-refractivity contribution in [2.45, 2.75) is 31.0 Å². The zero-order valence-electron chi connectivity index (χ0n) is 25.6. The molecule has 10 nitrogen and oxygen atoms in total. The molecular weight excluding hydrogens is 648 g/mol. The maximum atomic E-state index is 14.6. The fraction of sp³-hybridized carbons (Fsp3) is 0.257. The fourth-order valence-electron chi connectivity index (χ4n) is 5.27. The first-order valence-corrected chi connectivity index (χ1v) is 15.7. The summed E-state index contributed by atoms with van der Waals surface area (Å²) in [6.45, 7) is 0.718. The quantitative estimate of drug-likeness (QED) is 0.0676. The van der Waals surface area contributed by atoms with Crippen molar-refractivity contribution in [2.24, 2.45) is 10.1 Å². The van der Waals surface area contributed by atoms with Crippen molar-refractivity contribution in [1.29, 1.82) is 0 Å². The molecule has 236 valence electrons. The number of aliphatic hydroxyl groups is 1. The van der Waals surface area contributed by atoms with Gasteiger partial charge in [-0.15, -0.1) is 0 Å². The third-order valence-corrected chi connectivity index (χ3v) is 8.22. The molecule has 11 heteroatoms. The first kappa shape index (κ1) is 32.6. The molecule has 0 aliphatic carbocycles. The predicted molar refractivity (Wildman–Crippen MR) is 182 cm³/mol. The highest BCUT2D eigenvalue weighted by molar-refractivity contribution is 9.10. The topological polar surface area (TPSA) is 132 Å². The molecule has 0 spiro atoms. The molecule has 0 unspecified atom stereocenters. The molecule has 0 radical (unpaired) electrons. The molecule has 0 fully saturated rings. The van der Waals surface area contributed by atoms with Gasteiger partial charge in [0.1, 0.15) is 5.75 Å². The van der Waals surface area contributed by atoms with E-state index < -0.39 is 11.6 Å². The van der Waals surface area contributed by atoms with Gasteiger partial charge in [-0.1, -0.05) is 69.6 Å². The number of amides is 1. The minimum Gasteiger partial charge on any atom is -0.494 e. The number of azide groups is 1. The lowest BCUT2D eigenvalue weighted by Crippen LogP contribution is -2.49. The van der Waals surface area contributed by atoms with E-state index in [9.17, 15) is 10.3 Å². The van der Waals surface area contributed by atoms with Crippen LogP contribution in [0.5, 0.6) is 5.75 Å². The maximum absolute atomic E-state index is 14.6. The van der Waals surface area contributed by atoms with Gasteiger partial charge in [-0.2, -0.15) is 0 Å². The zero-order valence-corrected chi connectivity index (χ0v) is 27.2. The minimum absolute atomic E-state index is 0.0470. The molecule has 1 aliphatic rings. The molecular formula is C35H35BrN6O4. The normalized spacial score (nSPS) is 17.0. The van der Waals surface area contributed by atoms with Crippen LogP contribution >= 0.6 is 15.9 Å². The summed E-state index contributed by atoms with van der Waals surface area (Å²) in [5.74, 6) is 0.595. The van der Waals surface area contributed by atoms with Gasteiger partial charge in [-0.25, -0.2) is 4.99 Å². The Morgan fingerprint density at radius 2 is 1.74 bits per heavy atom. The second-order valence-corrected chi connectivity index (χ2v) is 12.0. The minimum atomic E-state index is -1.45. The highest BCUT2D eigenvalue weighted by atomic mass is 79.9. The van der Waals surface area contributed by atoms with E-state index in [1.165, 1.54) is 0 Å². The lowest BCUT2D eigenvalue weighted by atomic mass is 9.81. The Morgan fingerprint density at radius 1 is 1.04 bits per heavy atom. The summed E-state index contributed by atoms with van der Waals surface area (Å²) in [4.78, 5) is 24.7. The van der Waals surface area contributed by atoms with Crippen LogP contribution in [-0.2, 0) is 22.5 Å². The number of benzene rings is 4. The van der Waals surface area contributed by atoms with Crippen molar-refractivity contribution in [3.05, 3.63) is 134 Å². The van der Waals surface area contributed by atoms with Crippen LogP contribution in [0, 0.1) is 0 Å². The summed E-state index contributed by atoms with van der Waals surface area (Å²) in [6.07, 6.45) is -0.172. The van der Waals surface area contributed by atoms with Crippen LogP contribution in [0.4, 0.5) is 11.4 Å². The average molecular weight is 684 g/mol. The largest absolute Gasteiger partial charge is 0.494 e. The highest BCUT2D eigenvalue weighted by Crippen LogP contribution is 2.45. The van der Waals surface area contributed by atoms with Crippen LogP contribution in [0.3, 0.4) is 0 Å². The van der Waals surface area contributed by atoms with E-state index in [1.54, 1.807) is 30.3 Å². The van der Waals surface area contributed by atoms with Gasteiger partial charge in [0.05, 0.1) is 6.61 Å². The molecule has 0 saturated carbocycles. The lowest BCUT2D eigenvalue weighted by molar-refractivity contribution is -0.129. The number of aliphatic hydroxyl groups excluding tert-OH is 1. The molecule has 0 aromatic heterocycles. The van der Waals surface area contributed by atoms with Gasteiger partial charge in [-0.3, -0.25) is 4.79 Å². The first-order chi connectivity index (χ1) is 22.3. The van der Waals surface area contributed by atoms with Crippen molar-refractivity contribution in [3.63, 3.8) is 0 Å². The predicted octanol–water partition coefficient (Wildman–Crippen LogP) is 7.03. The summed E-state index contributed by atoms with van der Waals surface area (Å²) in [7, 11) is 3.95. The fourth-order valence-corrected chi connectivity index (χ4v) is 5.53. The van der Waals surface area contributed by atoms with E-state index >= 15 is 0 Å². The third kappa shape index (κ3) is 7.51. The van der Waals surface area contributed by atoms with Gasteiger partial charge in [0.15, 0.2) is 11.6 Å². The molecule has 2 N–H and O–H groups in total. The van der Waals surface area contributed by atoms with Gasteiger partial charge < -0.3 is 24.8 Å². The number of hydrogen-bond acceptors (Lipinski definition) is 7. The van der Waals surface area contributed by atoms with E-state index in [4.69, 9.17) is 19.6 Å². The number of carbonyl (C=O) groups is 1. The molecule has 1 aliphatic heterocycles. The molecule has 46 heavy (non-hydrogen) atoms. The summed E-state index contributed by atoms with van der Waals surface area (Å²) in [6, 6.07) is 30.0. The standard InChI is InChI=1S/C35H35BrN6O4/c1-42(2)28-16-10-25(11-17-28)23-38-34(44)35(22-24-8-14-27(36)15-9-24)32(30-6-3-4-7-31(30)40-41-37)46-33(39-35)26-12-18-29(19-13-26)45-21-5-20-43/h3-4,6-19,32,43H,5,20-23H2,1-2H3,(H,38,44)/t32-,35-/m1/s1. The number of halogens is 1. The summed E-state index contributed by atoms with van der Waals surface area (Å²) in [5, 5.41) is 16.1. The summed E-state index contributed by atoms with van der Waals surface area (Å²) < 4.78 is 13.2. The Hall–Kier alpha value is -4.83. The molecule has 0 bridgehead atoms. The lowest BCUT2D eigenvalue weighted by Gasteiger charge is -2.31. The van der Waals surface area contributed by atoms with Crippen LogP contribution in [-0.4, -0.2) is 49.8 Å². The number of anilines is 1. The number of ether oxygens (including phenoxy) is 2. The molecule has 5 rings (SSSR count).